The van der Waals surface area contributed by atoms with E-state index in [-0.39, 0.29) is 6.04 Å². The number of hydrogen-bond acceptors (Lipinski definition) is 2. The highest BCUT2D eigenvalue weighted by atomic mass is 15.2. The lowest BCUT2D eigenvalue weighted by atomic mass is 9.96. The fraction of sp³-hybridized carbons (Fsp3) is 0.0208. The van der Waals surface area contributed by atoms with Crippen LogP contribution >= 0.6 is 0 Å². The monoisotopic (exact) mass is 664 g/mol. The third kappa shape index (κ3) is 4.83. The largest absolute Gasteiger partial charge is 0.361 e. The summed E-state index contributed by atoms with van der Waals surface area (Å²) in [7, 11) is 0. The van der Waals surface area contributed by atoms with E-state index in [0.29, 0.717) is 5.56 Å². The van der Waals surface area contributed by atoms with Gasteiger partial charge in [0, 0.05) is 27.2 Å². The molecule has 9 aromatic rings. The van der Waals surface area contributed by atoms with Crippen molar-refractivity contribution in [2.45, 2.75) is 6.04 Å². The molecule has 1 aliphatic rings. The number of para-hydroxylation sites is 2. The number of aromatic nitrogens is 2. The quantitative estimate of drug-likeness (QED) is 0.199. The van der Waals surface area contributed by atoms with E-state index >= 15 is 0 Å². The van der Waals surface area contributed by atoms with E-state index < -0.39 is 0 Å². The Morgan fingerprint density at radius 3 is 1.83 bits per heavy atom. The molecule has 2 aromatic heterocycles. The Morgan fingerprint density at radius 1 is 0.481 bits per heavy atom. The van der Waals surface area contributed by atoms with Crippen LogP contribution in [0.2, 0.25) is 0 Å². The van der Waals surface area contributed by atoms with Crippen molar-refractivity contribution in [3.63, 3.8) is 0 Å². The summed E-state index contributed by atoms with van der Waals surface area (Å²) in [6, 6.07) is 62.3. The number of fused-ring (bicyclic) bond motifs is 6. The number of hydrogen-bond donors (Lipinski definition) is 1. The number of rotatable bonds is 5. The smallest absolute Gasteiger partial charge is 0.112 e. The predicted molar refractivity (Wildman–Crippen MR) is 215 cm³/mol. The van der Waals surface area contributed by atoms with E-state index in [1.54, 1.807) is 0 Å². The highest BCUT2D eigenvalue weighted by Gasteiger charge is 2.22. The summed E-state index contributed by atoms with van der Waals surface area (Å²) in [5.74, 6) is 1.04. The summed E-state index contributed by atoms with van der Waals surface area (Å²) >= 11 is 0. The van der Waals surface area contributed by atoms with Crippen LogP contribution in [-0.2, 0) is 0 Å². The molecule has 0 fully saturated rings. The number of nitrogens with zero attached hydrogens (tertiary/aromatic N) is 3. The van der Waals surface area contributed by atoms with Gasteiger partial charge < -0.3 is 9.88 Å². The van der Waals surface area contributed by atoms with Gasteiger partial charge in [0.2, 0.25) is 0 Å². The number of benzene rings is 7. The Kier molecular flexibility index (Phi) is 6.90. The SMILES string of the molecule is N#Cc1ccc(-n2c3ccccc3c3ccc(-c4ccc5c(c4)c4ccccc4n5C4=CC(c5ccccc5)=CC(c5ccccc5)N4)cc32)cc1. The number of nitrogens with one attached hydrogen (secondary N) is 1. The van der Waals surface area contributed by atoms with E-state index in [9.17, 15) is 5.26 Å². The molecule has 1 N–H and O–H groups in total. The zero-order valence-corrected chi connectivity index (χ0v) is 28.2. The van der Waals surface area contributed by atoms with Gasteiger partial charge in [0.1, 0.15) is 5.82 Å². The molecule has 4 nitrogen and oxygen atoms in total. The van der Waals surface area contributed by atoms with Crippen molar-refractivity contribution in [1.29, 1.82) is 5.26 Å². The molecule has 0 saturated heterocycles. The topological polar surface area (TPSA) is 45.7 Å². The first kappa shape index (κ1) is 29.8. The molecule has 0 amide bonds. The van der Waals surface area contributed by atoms with Gasteiger partial charge in [-0.25, -0.2) is 0 Å². The van der Waals surface area contributed by atoms with Crippen molar-refractivity contribution in [3.8, 4) is 22.9 Å². The minimum Gasteiger partial charge on any atom is -0.361 e. The van der Waals surface area contributed by atoms with Crippen LogP contribution in [0, 0.1) is 11.3 Å². The molecule has 3 heterocycles. The normalized spacial score (nSPS) is 14.3. The zero-order valence-electron chi connectivity index (χ0n) is 28.2. The fourth-order valence-corrected chi connectivity index (χ4v) is 7.92. The molecule has 1 atom stereocenters. The van der Waals surface area contributed by atoms with Crippen molar-refractivity contribution in [2.75, 3.05) is 0 Å². The molecule has 7 aromatic carbocycles. The second-order valence-corrected chi connectivity index (χ2v) is 13.4. The van der Waals surface area contributed by atoms with Crippen LogP contribution in [0.3, 0.4) is 0 Å². The van der Waals surface area contributed by atoms with Gasteiger partial charge in [-0.1, -0.05) is 115 Å². The third-order valence-electron chi connectivity index (χ3n) is 10.4. The van der Waals surface area contributed by atoms with Crippen LogP contribution in [0.25, 0.3) is 71.8 Å². The molecule has 0 spiro atoms. The van der Waals surface area contributed by atoms with E-state index in [2.05, 4.69) is 178 Å². The van der Waals surface area contributed by atoms with Gasteiger partial charge in [0.25, 0.3) is 0 Å². The van der Waals surface area contributed by atoms with E-state index in [4.69, 9.17) is 0 Å². The van der Waals surface area contributed by atoms with E-state index in [0.717, 1.165) is 44.7 Å². The van der Waals surface area contributed by atoms with Gasteiger partial charge in [-0.3, -0.25) is 4.57 Å². The molecule has 1 unspecified atom stereocenters. The van der Waals surface area contributed by atoms with Crippen molar-refractivity contribution in [3.05, 3.63) is 199 Å². The molecule has 0 saturated carbocycles. The molecule has 0 aliphatic carbocycles. The van der Waals surface area contributed by atoms with Crippen LogP contribution in [0.5, 0.6) is 0 Å². The molecule has 0 bridgehead atoms. The molecule has 0 radical (unpaired) electrons. The van der Waals surface area contributed by atoms with Crippen LogP contribution in [0.1, 0.15) is 22.7 Å². The van der Waals surface area contributed by atoms with E-state index in [1.807, 2.05) is 24.3 Å². The average molecular weight is 665 g/mol. The molecular weight excluding hydrogens is 633 g/mol. The lowest BCUT2D eigenvalue weighted by Crippen LogP contribution is -2.24. The first-order valence-electron chi connectivity index (χ1n) is 17.6. The van der Waals surface area contributed by atoms with Gasteiger partial charge in [0.05, 0.1) is 39.7 Å². The van der Waals surface area contributed by atoms with Crippen molar-refractivity contribution in [1.82, 2.24) is 14.5 Å². The van der Waals surface area contributed by atoms with Gasteiger partial charge >= 0.3 is 0 Å². The average Bonchev–Trinajstić information content (AvgIpc) is 3.73. The summed E-state index contributed by atoms with van der Waals surface area (Å²) < 4.78 is 4.69. The van der Waals surface area contributed by atoms with Gasteiger partial charge in [0.15, 0.2) is 0 Å². The van der Waals surface area contributed by atoms with Gasteiger partial charge in [-0.15, -0.1) is 0 Å². The number of allylic oxidation sites excluding steroid dienone is 2. The van der Waals surface area contributed by atoms with Crippen LogP contribution in [0.4, 0.5) is 0 Å². The standard InChI is InChI=1S/C48H32N4/c49-31-32-19-23-38(24-20-32)51-44-17-9-7-15-39(44)41-25-21-36(29-47(41)51)35-22-26-46-42(27-35)40-16-8-10-18-45(40)52(46)48-30-37(33-11-3-1-4-12-33)28-43(50-48)34-13-5-2-6-14-34/h1-30,43,50H. The lowest BCUT2D eigenvalue weighted by Gasteiger charge is -2.27. The minimum absolute atomic E-state index is 0.0153. The summed E-state index contributed by atoms with van der Waals surface area (Å²) in [6.07, 6.45) is 4.61. The Labute approximate surface area is 301 Å². The summed E-state index contributed by atoms with van der Waals surface area (Å²) in [5, 5.41) is 18.1. The highest BCUT2D eigenvalue weighted by molar-refractivity contribution is 6.13. The molecule has 4 heteroatoms. The summed E-state index contributed by atoms with van der Waals surface area (Å²) in [4.78, 5) is 0. The van der Waals surface area contributed by atoms with Crippen molar-refractivity contribution < 1.29 is 0 Å². The first-order chi connectivity index (χ1) is 25.7. The Hall–Kier alpha value is -7.09. The van der Waals surface area contributed by atoms with Crippen molar-refractivity contribution in [2.24, 2.45) is 0 Å². The maximum atomic E-state index is 9.43. The maximum Gasteiger partial charge on any atom is 0.112 e. The van der Waals surface area contributed by atoms with E-state index in [1.165, 1.54) is 38.2 Å². The Balaban J connectivity index is 1.14. The van der Waals surface area contributed by atoms with Gasteiger partial charge in [-0.2, -0.15) is 5.26 Å². The molecule has 1 aliphatic heterocycles. The van der Waals surface area contributed by atoms with Crippen LogP contribution < -0.4 is 5.32 Å². The van der Waals surface area contributed by atoms with Gasteiger partial charge in [-0.05, 0) is 94.6 Å². The first-order valence-corrected chi connectivity index (χ1v) is 17.6. The second kappa shape index (κ2) is 12.1. The molecule has 10 rings (SSSR count). The highest BCUT2D eigenvalue weighted by Crippen LogP contribution is 2.39. The fourth-order valence-electron chi connectivity index (χ4n) is 7.92. The third-order valence-corrected chi connectivity index (χ3v) is 10.4. The Bertz CT molecular complexity index is 2920. The lowest BCUT2D eigenvalue weighted by molar-refractivity contribution is 0.739. The maximum absolute atomic E-state index is 9.43. The minimum atomic E-state index is 0.0153. The predicted octanol–water partition coefficient (Wildman–Crippen LogP) is 11.7. The molecule has 244 valence electrons. The van der Waals surface area contributed by atoms with Crippen LogP contribution in [0.15, 0.2) is 182 Å². The summed E-state index contributed by atoms with van der Waals surface area (Å²) in [6.45, 7) is 0. The molecule has 52 heavy (non-hydrogen) atoms. The number of nitriles is 1. The second-order valence-electron chi connectivity index (χ2n) is 13.4. The van der Waals surface area contributed by atoms with Crippen LogP contribution in [-0.4, -0.2) is 9.13 Å². The zero-order chi connectivity index (χ0) is 34.6. The Morgan fingerprint density at radius 2 is 1.08 bits per heavy atom. The summed E-state index contributed by atoms with van der Waals surface area (Å²) in [5.41, 5.74) is 12.2. The number of dihydropyridines is 1. The molecular formula is C48H32N4. The van der Waals surface area contributed by atoms with Crippen molar-refractivity contribution >= 4 is 55.0 Å².